The topological polar surface area (TPSA) is 47.3 Å². The van der Waals surface area contributed by atoms with Crippen LogP contribution in [0.15, 0.2) is 18.2 Å². The van der Waals surface area contributed by atoms with Gasteiger partial charge < -0.3 is 4.74 Å². The second-order valence-electron chi connectivity index (χ2n) is 6.25. The van der Waals surface area contributed by atoms with Crippen LogP contribution < -0.4 is 16.0 Å². The molecule has 4 atom stereocenters. The lowest BCUT2D eigenvalue weighted by Gasteiger charge is -2.30. The van der Waals surface area contributed by atoms with E-state index >= 15 is 0 Å². The fraction of sp³-hybridized carbons (Fsp3) is 0.625. The van der Waals surface area contributed by atoms with Crippen LogP contribution in [-0.2, 0) is 6.42 Å². The van der Waals surface area contributed by atoms with E-state index in [4.69, 9.17) is 10.6 Å². The van der Waals surface area contributed by atoms with Gasteiger partial charge >= 0.3 is 0 Å². The van der Waals surface area contributed by atoms with E-state index in [1.54, 1.807) is 6.07 Å². The number of benzene rings is 1. The van der Waals surface area contributed by atoms with E-state index in [9.17, 15) is 4.39 Å². The van der Waals surface area contributed by atoms with Gasteiger partial charge in [-0.15, -0.1) is 0 Å². The number of nitrogens with one attached hydrogen (secondary N) is 1. The number of hydrogen-bond donors (Lipinski definition) is 2. The molecule has 3 rings (SSSR count). The highest BCUT2D eigenvalue weighted by Gasteiger charge is 2.42. The molecule has 0 aromatic heterocycles. The lowest BCUT2D eigenvalue weighted by molar-refractivity contribution is 0.246. The Hall–Kier alpha value is -1.13. The fourth-order valence-electron chi connectivity index (χ4n) is 4.23. The summed E-state index contributed by atoms with van der Waals surface area (Å²) in [6, 6.07) is 5.48. The smallest absolute Gasteiger partial charge is 0.168 e. The average molecular weight is 278 g/mol. The van der Waals surface area contributed by atoms with E-state index < -0.39 is 0 Å². The van der Waals surface area contributed by atoms with Gasteiger partial charge in [0.05, 0.1) is 7.11 Å². The maximum Gasteiger partial charge on any atom is 0.168 e. The molecule has 0 spiro atoms. The minimum Gasteiger partial charge on any atom is -0.494 e. The van der Waals surface area contributed by atoms with Gasteiger partial charge in [-0.1, -0.05) is 18.6 Å². The first kappa shape index (κ1) is 13.8. The lowest BCUT2D eigenvalue weighted by Crippen LogP contribution is -2.44. The second-order valence-corrected chi connectivity index (χ2v) is 6.25. The van der Waals surface area contributed by atoms with Crippen molar-refractivity contribution in [2.24, 2.45) is 23.6 Å². The number of methoxy groups -OCH3 is 1. The Kier molecular flexibility index (Phi) is 3.94. The first-order valence-corrected chi connectivity index (χ1v) is 7.50. The Morgan fingerprint density at radius 1 is 1.40 bits per heavy atom. The van der Waals surface area contributed by atoms with Crippen molar-refractivity contribution in [3.63, 3.8) is 0 Å². The number of hydrogen-bond acceptors (Lipinski definition) is 3. The van der Waals surface area contributed by atoms with Crippen LogP contribution in [0.4, 0.5) is 4.39 Å². The van der Waals surface area contributed by atoms with Crippen molar-refractivity contribution in [2.75, 3.05) is 7.11 Å². The van der Waals surface area contributed by atoms with E-state index in [1.807, 2.05) is 12.1 Å². The van der Waals surface area contributed by atoms with Crippen LogP contribution in [-0.4, -0.2) is 13.2 Å². The van der Waals surface area contributed by atoms with Crippen LogP contribution in [0.3, 0.4) is 0 Å². The minimum absolute atomic E-state index is 0.159. The molecule has 2 aliphatic carbocycles. The normalized spacial score (nSPS) is 29.6. The van der Waals surface area contributed by atoms with Crippen LogP contribution in [0, 0.1) is 23.6 Å². The van der Waals surface area contributed by atoms with Crippen LogP contribution in [0.25, 0.3) is 0 Å². The highest BCUT2D eigenvalue weighted by molar-refractivity contribution is 5.31. The third kappa shape index (κ3) is 2.42. The summed E-state index contributed by atoms with van der Waals surface area (Å²) in [7, 11) is 1.50. The Bertz CT molecular complexity index is 480. The van der Waals surface area contributed by atoms with Gasteiger partial charge in [-0.25, -0.2) is 4.39 Å². The fourth-order valence-corrected chi connectivity index (χ4v) is 4.23. The molecule has 20 heavy (non-hydrogen) atoms. The molecule has 2 aliphatic rings. The Morgan fingerprint density at radius 2 is 2.25 bits per heavy atom. The second kappa shape index (κ2) is 5.70. The van der Waals surface area contributed by atoms with Gasteiger partial charge in [0, 0.05) is 6.04 Å². The van der Waals surface area contributed by atoms with Gasteiger partial charge in [-0.05, 0) is 55.1 Å². The molecule has 1 aromatic carbocycles. The van der Waals surface area contributed by atoms with Crippen LogP contribution >= 0.6 is 0 Å². The Morgan fingerprint density at radius 3 is 2.85 bits per heavy atom. The number of fused-ring (bicyclic) bond motifs is 2. The maximum atomic E-state index is 14.3. The molecule has 4 unspecified atom stereocenters. The Balaban J connectivity index is 1.75. The third-order valence-corrected chi connectivity index (χ3v) is 5.23. The third-order valence-electron chi connectivity index (χ3n) is 5.23. The summed E-state index contributed by atoms with van der Waals surface area (Å²) in [5, 5.41) is 0. The zero-order chi connectivity index (χ0) is 14.1. The van der Waals surface area contributed by atoms with Crippen molar-refractivity contribution in [2.45, 2.75) is 38.1 Å². The van der Waals surface area contributed by atoms with Gasteiger partial charge in [0.2, 0.25) is 0 Å². The lowest BCUT2D eigenvalue weighted by atomic mass is 9.81. The minimum atomic E-state index is -0.251. The largest absolute Gasteiger partial charge is 0.494 e. The van der Waals surface area contributed by atoms with Crippen LogP contribution in [0.5, 0.6) is 5.75 Å². The molecule has 0 heterocycles. The van der Waals surface area contributed by atoms with Crippen LogP contribution in [0.1, 0.15) is 31.2 Å². The van der Waals surface area contributed by atoms with E-state index in [2.05, 4.69) is 5.43 Å². The molecule has 2 bridgehead atoms. The number of hydrazine groups is 1. The monoisotopic (exact) mass is 278 g/mol. The van der Waals surface area contributed by atoms with E-state index in [0.717, 1.165) is 11.8 Å². The quantitative estimate of drug-likeness (QED) is 0.643. The van der Waals surface area contributed by atoms with Crippen LogP contribution in [0.2, 0.25) is 0 Å². The molecule has 2 saturated carbocycles. The van der Waals surface area contributed by atoms with E-state index in [0.29, 0.717) is 23.7 Å². The summed E-state index contributed by atoms with van der Waals surface area (Å²) in [5.74, 6) is 8.04. The van der Waals surface area contributed by atoms with Crippen molar-refractivity contribution in [1.82, 2.24) is 5.43 Å². The molecular weight excluding hydrogens is 255 g/mol. The van der Waals surface area contributed by atoms with Gasteiger partial charge in [-0.3, -0.25) is 11.3 Å². The van der Waals surface area contributed by atoms with Gasteiger partial charge in [0.1, 0.15) is 0 Å². The highest BCUT2D eigenvalue weighted by atomic mass is 19.1. The SMILES string of the molecule is COc1cccc(CC(NN)C2CC3CCC2C3)c1F. The first-order valence-electron chi connectivity index (χ1n) is 7.50. The Labute approximate surface area is 119 Å². The van der Waals surface area contributed by atoms with E-state index in [-0.39, 0.29) is 11.9 Å². The van der Waals surface area contributed by atoms with Crippen molar-refractivity contribution < 1.29 is 9.13 Å². The summed E-state index contributed by atoms with van der Waals surface area (Å²) in [4.78, 5) is 0. The molecule has 0 aliphatic heterocycles. The summed E-state index contributed by atoms with van der Waals surface area (Å²) < 4.78 is 19.3. The number of nitrogens with two attached hydrogens (primary N) is 1. The molecule has 3 N–H and O–H groups in total. The predicted octanol–water partition coefficient (Wildman–Crippen LogP) is 2.64. The molecule has 1 aromatic rings. The number of halogens is 1. The predicted molar refractivity (Wildman–Crippen MR) is 76.7 cm³/mol. The van der Waals surface area contributed by atoms with Gasteiger partial charge in [0.25, 0.3) is 0 Å². The summed E-state index contributed by atoms with van der Waals surface area (Å²) >= 11 is 0. The highest BCUT2D eigenvalue weighted by Crippen LogP contribution is 2.49. The first-order chi connectivity index (χ1) is 9.72. The molecule has 0 amide bonds. The van der Waals surface area contributed by atoms with Gasteiger partial charge in [0.15, 0.2) is 11.6 Å². The summed E-state index contributed by atoms with van der Waals surface area (Å²) in [5.41, 5.74) is 3.62. The number of rotatable bonds is 5. The molecule has 3 nitrogen and oxygen atoms in total. The molecule has 2 fully saturated rings. The van der Waals surface area contributed by atoms with Crippen molar-refractivity contribution in [3.05, 3.63) is 29.6 Å². The molecule has 4 heteroatoms. The zero-order valence-electron chi connectivity index (χ0n) is 11.9. The zero-order valence-corrected chi connectivity index (χ0v) is 11.9. The molecule has 0 saturated heterocycles. The molecule has 0 radical (unpaired) electrons. The molecular formula is C16H23FN2O. The molecule has 110 valence electrons. The number of ether oxygens (including phenoxy) is 1. The van der Waals surface area contributed by atoms with Gasteiger partial charge in [-0.2, -0.15) is 0 Å². The van der Waals surface area contributed by atoms with Crippen molar-refractivity contribution >= 4 is 0 Å². The maximum absolute atomic E-state index is 14.3. The van der Waals surface area contributed by atoms with Crippen molar-refractivity contribution in [1.29, 1.82) is 0 Å². The summed E-state index contributed by atoms with van der Waals surface area (Å²) in [6.07, 6.45) is 5.89. The summed E-state index contributed by atoms with van der Waals surface area (Å²) in [6.45, 7) is 0. The standard InChI is InChI=1S/C16H23FN2O/c1-20-15-4-2-3-12(16(15)17)9-14(19-18)13-8-10-5-6-11(13)7-10/h2-4,10-11,13-14,19H,5-9,18H2,1H3. The average Bonchev–Trinajstić information content (AvgIpc) is 3.09. The van der Waals surface area contributed by atoms with E-state index in [1.165, 1.54) is 32.8 Å². The van der Waals surface area contributed by atoms with Crippen molar-refractivity contribution in [3.8, 4) is 5.75 Å².